The molecule has 0 saturated heterocycles. The summed E-state index contributed by atoms with van der Waals surface area (Å²) in [5.41, 5.74) is 3.58. The Balaban J connectivity index is 2.60. The number of aryl methyl sites for hydroxylation is 2. The molecule has 0 bridgehead atoms. The van der Waals surface area contributed by atoms with Gasteiger partial charge in [-0.05, 0) is 31.4 Å². The fourth-order valence-corrected chi connectivity index (χ4v) is 2.13. The summed E-state index contributed by atoms with van der Waals surface area (Å²) in [6.07, 6.45) is 0.709. The highest BCUT2D eigenvalue weighted by Crippen LogP contribution is 2.10. The summed E-state index contributed by atoms with van der Waals surface area (Å²) >= 11 is 0. The van der Waals surface area contributed by atoms with E-state index in [0.29, 0.717) is 13.0 Å². The lowest BCUT2D eigenvalue weighted by Gasteiger charge is -2.13. The Morgan fingerprint density at radius 3 is 2.47 bits per heavy atom. The zero-order valence-electron chi connectivity index (χ0n) is 10.8. The van der Waals surface area contributed by atoms with Crippen LogP contribution in [0.4, 0.5) is 0 Å². The van der Waals surface area contributed by atoms with E-state index in [-0.39, 0.29) is 0 Å². The van der Waals surface area contributed by atoms with Gasteiger partial charge in [0.25, 0.3) is 10.2 Å². The first kappa shape index (κ1) is 14.2. The summed E-state index contributed by atoms with van der Waals surface area (Å²) < 4.78 is 26.7. The molecule has 0 amide bonds. The SMILES string of the molecule is Cc1ccc(C)c(CCNS(=O)(=O)N(C)C)c1. The van der Waals surface area contributed by atoms with Crippen LogP contribution >= 0.6 is 0 Å². The molecule has 1 aromatic carbocycles. The summed E-state index contributed by atoms with van der Waals surface area (Å²) in [5.74, 6) is 0. The van der Waals surface area contributed by atoms with E-state index in [1.165, 1.54) is 35.1 Å². The Labute approximate surface area is 104 Å². The van der Waals surface area contributed by atoms with Gasteiger partial charge in [0.15, 0.2) is 0 Å². The zero-order chi connectivity index (χ0) is 13.1. The van der Waals surface area contributed by atoms with E-state index in [4.69, 9.17) is 0 Å². The quantitative estimate of drug-likeness (QED) is 0.861. The van der Waals surface area contributed by atoms with Crippen LogP contribution in [0, 0.1) is 13.8 Å². The number of nitrogens with zero attached hydrogens (tertiary/aromatic N) is 1. The largest absolute Gasteiger partial charge is 0.278 e. The van der Waals surface area contributed by atoms with E-state index >= 15 is 0 Å². The third-order valence-corrected chi connectivity index (χ3v) is 4.19. The van der Waals surface area contributed by atoms with Crippen LogP contribution < -0.4 is 4.72 Å². The Hall–Kier alpha value is -0.910. The molecular formula is C12H20N2O2S. The first-order valence-corrected chi connectivity index (χ1v) is 7.00. The van der Waals surface area contributed by atoms with Crippen LogP contribution in [0.1, 0.15) is 16.7 Å². The summed E-state index contributed by atoms with van der Waals surface area (Å²) in [6, 6.07) is 6.22. The van der Waals surface area contributed by atoms with Gasteiger partial charge in [-0.15, -0.1) is 0 Å². The van der Waals surface area contributed by atoms with Crippen molar-refractivity contribution in [1.29, 1.82) is 0 Å². The van der Waals surface area contributed by atoms with E-state index in [0.717, 1.165) is 0 Å². The van der Waals surface area contributed by atoms with Gasteiger partial charge in [-0.3, -0.25) is 0 Å². The van der Waals surface area contributed by atoms with E-state index in [2.05, 4.69) is 22.9 Å². The molecule has 0 aromatic heterocycles. The number of hydrogen-bond donors (Lipinski definition) is 1. The van der Waals surface area contributed by atoms with Gasteiger partial charge < -0.3 is 0 Å². The highest BCUT2D eigenvalue weighted by molar-refractivity contribution is 7.87. The van der Waals surface area contributed by atoms with Crippen LogP contribution in [-0.2, 0) is 16.6 Å². The molecule has 0 atom stereocenters. The summed E-state index contributed by atoms with van der Waals surface area (Å²) in [7, 11) is -0.280. The maximum atomic E-state index is 11.5. The fraction of sp³-hybridized carbons (Fsp3) is 0.500. The standard InChI is InChI=1S/C12H20N2O2S/c1-10-5-6-11(2)12(9-10)7-8-13-17(15,16)14(3)4/h5-6,9,13H,7-8H2,1-4H3. The van der Waals surface area contributed by atoms with Gasteiger partial charge in [0.2, 0.25) is 0 Å². The molecule has 0 saturated carbocycles. The monoisotopic (exact) mass is 256 g/mol. The molecule has 0 aliphatic heterocycles. The molecule has 0 heterocycles. The van der Waals surface area contributed by atoms with Crippen molar-refractivity contribution in [3.8, 4) is 0 Å². The van der Waals surface area contributed by atoms with Crippen molar-refractivity contribution in [2.75, 3.05) is 20.6 Å². The molecule has 5 heteroatoms. The van der Waals surface area contributed by atoms with Gasteiger partial charge in [0.05, 0.1) is 0 Å². The van der Waals surface area contributed by atoms with Crippen LogP contribution in [0.2, 0.25) is 0 Å². The third-order valence-electron chi connectivity index (χ3n) is 2.66. The van der Waals surface area contributed by atoms with Crippen LogP contribution in [-0.4, -0.2) is 33.4 Å². The topological polar surface area (TPSA) is 49.4 Å². The molecule has 96 valence electrons. The Kier molecular flexibility index (Phi) is 4.68. The fourth-order valence-electron chi connectivity index (χ4n) is 1.51. The summed E-state index contributed by atoms with van der Waals surface area (Å²) in [4.78, 5) is 0. The molecule has 1 N–H and O–H groups in total. The molecule has 0 fully saturated rings. The van der Waals surface area contributed by atoms with Crippen molar-refractivity contribution >= 4 is 10.2 Å². The molecule has 0 radical (unpaired) electrons. The van der Waals surface area contributed by atoms with Crippen molar-refractivity contribution in [3.63, 3.8) is 0 Å². The molecular weight excluding hydrogens is 236 g/mol. The average Bonchev–Trinajstić information content (AvgIpc) is 2.22. The summed E-state index contributed by atoms with van der Waals surface area (Å²) in [5, 5.41) is 0. The van der Waals surface area contributed by atoms with Crippen LogP contribution in [0.3, 0.4) is 0 Å². The van der Waals surface area contributed by atoms with Crippen molar-refractivity contribution in [1.82, 2.24) is 9.03 Å². The second kappa shape index (κ2) is 5.62. The molecule has 0 spiro atoms. The van der Waals surface area contributed by atoms with Gasteiger partial charge in [-0.1, -0.05) is 23.8 Å². The molecule has 0 aliphatic carbocycles. The molecule has 4 nitrogen and oxygen atoms in total. The molecule has 0 unspecified atom stereocenters. The number of nitrogens with one attached hydrogen (secondary N) is 1. The average molecular weight is 256 g/mol. The third kappa shape index (κ3) is 4.11. The van der Waals surface area contributed by atoms with Crippen molar-refractivity contribution in [2.45, 2.75) is 20.3 Å². The van der Waals surface area contributed by atoms with Crippen LogP contribution in [0.15, 0.2) is 18.2 Å². The van der Waals surface area contributed by atoms with Gasteiger partial charge >= 0.3 is 0 Å². The number of rotatable bonds is 5. The van der Waals surface area contributed by atoms with E-state index in [1.807, 2.05) is 13.8 Å². The second-order valence-corrected chi connectivity index (χ2v) is 6.33. The first-order valence-electron chi connectivity index (χ1n) is 5.56. The lowest BCUT2D eigenvalue weighted by atomic mass is 10.0. The zero-order valence-corrected chi connectivity index (χ0v) is 11.6. The van der Waals surface area contributed by atoms with E-state index in [9.17, 15) is 8.42 Å². The summed E-state index contributed by atoms with van der Waals surface area (Å²) in [6.45, 7) is 4.49. The van der Waals surface area contributed by atoms with Gasteiger partial charge in [-0.2, -0.15) is 12.7 Å². The maximum absolute atomic E-state index is 11.5. The highest BCUT2D eigenvalue weighted by Gasteiger charge is 2.11. The van der Waals surface area contributed by atoms with Crippen molar-refractivity contribution in [2.24, 2.45) is 0 Å². The van der Waals surface area contributed by atoms with Gasteiger partial charge in [-0.25, -0.2) is 4.72 Å². The maximum Gasteiger partial charge on any atom is 0.278 e. The number of benzene rings is 1. The van der Waals surface area contributed by atoms with Gasteiger partial charge in [0, 0.05) is 20.6 Å². The normalized spacial score (nSPS) is 12.1. The Morgan fingerprint density at radius 2 is 1.88 bits per heavy atom. The minimum Gasteiger partial charge on any atom is -0.202 e. The predicted molar refractivity (Wildman–Crippen MR) is 70.2 cm³/mol. The van der Waals surface area contributed by atoms with Crippen LogP contribution in [0.25, 0.3) is 0 Å². The van der Waals surface area contributed by atoms with E-state index in [1.54, 1.807) is 0 Å². The first-order chi connectivity index (χ1) is 7.83. The van der Waals surface area contributed by atoms with Crippen molar-refractivity contribution < 1.29 is 8.42 Å². The Bertz CT molecular complexity index is 481. The molecule has 0 aliphatic rings. The number of hydrogen-bond acceptors (Lipinski definition) is 2. The second-order valence-electron chi connectivity index (χ2n) is 4.36. The lowest BCUT2D eigenvalue weighted by Crippen LogP contribution is -2.36. The lowest BCUT2D eigenvalue weighted by molar-refractivity contribution is 0.506. The van der Waals surface area contributed by atoms with Crippen molar-refractivity contribution in [3.05, 3.63) is 34.9 Å². The minimum absolute atomic E-state index is 0.421. The predicted octanol–water partition coefficient (Wildman–Crippen LogP) is 1.24. The highest BCUT2D eigenvalue weighted by atomic mass is 32.2. The van der Waals surface area contributed by atoms with Crippen LogP contribution in [0.5, 0.6) is 0 Å². The Morgan fingerprint density at radius 1 is 1.24 bits per heavy atom. The molecule has 1 rings (SSSR count). The minimum atomic E-state index is -3.31. The van der Waals surface area contributed by atoms with Gasteiger partial charge in [0.1, 0.15) is 0 Å². The molecule has 1 aromatic rings. The molecule has 17 heavy (non-hydrogen) atoms. The smallest absolute Gasteiger partial charge is 0.202 e. The van der Waals surface area contributed by atoms with E-state index < -0.39 is 10.2 Å².